The van der Waals surface area contributed by atoms with Crippen LogP contribution in [0.5, 0.6) is 5.75 Å². The Morgan fingerprint density at radius 1 is 0.978 bits per heavy atom. The summed E-state index contributed by atoms with van der Waals surface area (Å²) in [5, 5.41) is 15.4. The maximum absolute atomic E-state index is 13.8. The molecule has 1 heterocycles. The Kier molecular flexibility index (Phi) is 10.1. The molecule has 0 fully saturated rings. The third-order valence-electron chi connectivity index (χ3n) is 8.03. The first-order valence-corrected chi connectivity index (χ1v) is 15.1. The lowest BCUT2D eigenvalue weighted by molar-refractivity contribution is 0.0341. The van der Waals surface area contributed by atoms with Crippen molar-refractivity contribution >= 4 is 23.3 Å². The van der Waals surface area contributed by atoms with Gasteiger partial charge in [0.05, 0.1) is 18.2 Å². The van der Waals surface area contributed by atoms with Crippen molar-refractivity contribution in [1.29, 1.82) is 0 Å². The number of fused-ring (bicyclic) bond motifs is 1. The molecule has 1 aliphatic heterocycles. The number of likely N-dealkylation sites (N-methyl/N-ethyl adjacent to an activating group) is 1. The molecule has 0 saturated carbocycles. The van der Waals surface area contributed by atoms with E-state index in [1.165, 1.54) is 41.0 Å². The van der Waals surface area contributed by atoms with E-state index in [4.69, 9.17) is 4.74 Å². The molecular formula is C36H39FN4O4. The van der Waals surface area contributed by atoms with Gasteiger partial charge in [0.2, 0.25) is 0 Å². The van der Waals surface area contributed by atoms with E-state index < -0.39 is 17.9 Å². The number of nitrogens with one attached hydrogen (secondary N) is 2. The number of benzene rings is 4. The third-order valence-corrected chi connectivity index (χ3v) is 8.03. The molecule has 0 spiro atoms. The molecule has 5 rings (SSSR count). The van der Waals surface area contributed by atoms with Gasteiger partial charge in [0, 0.05) is 36.9 Å². The van der Waals surface area contributed by atoms with Crippen LogP contribution in [-0.4, -0.2) is 65.7 Å². The number of carbonyl (C=O) groups excluding carboxylic acids is 2. The fourth-order valence-corrected chi connectivity index (χ4v) is 5.46. The van der Waals surface area contributed by atoms with Crippen molar-refractivity contribution in [2.75, 3.05) is 37.4 Å². The Balaban J connectivity index is 1.32. The van der Waals surface area contributed by atoms with Crippen LogP contribution >= 0.6 is 0 Å². The summed E-state index contributed by atoms with van der Waals surface area (Å²) in [6.45, 7) is 5.40. The molecule has 0 radical (unpaired) electrons. The van der Waals surface area contributed by atoms with Crippen molar-refractivity contribution in [1.82, 2.24) is 9.80 Å². The van der Waals surface area contributed by atoms with E-state index in [2.05, 4.69) is 58.9 Å². The minimum absolute atomic E-state index is 0.0294. The zero-order valence-corrected chi connectivity index (χ0v) is 25.7. The van der Waals surface area contributed by atoms with Crippen LogP contribution in [0, 0.1) is 11.7 Å². The van der Waals surface area contributed by atoms with Crippen molar-refractivity contribution in [2.24, 2.45) is 5.92 Å². The number of rotatable bonds is 9. The van der Waals surface area contributed by atoms with E-state index >= 15 is 0 Å². The molecule has 3 atom stereocenters. The predicted molar refractivity (Wildman–Crippen MR) is 175 cm³/mol. The van der Waals surface area contributed by atoms with Crippen molar-refractivity contribution in [3.63, 3.8) is 0 Å². The lowest BCUT2D eigenvalue weighted by atomic mass is 9.99. The SMILES string of the molecule is C[C@H]1CN([C@@H](C)CO)C(=O)c2cc(NC(=O)Nc3ccc(F)cc3)ccc2O[C@H]1CN(C)Cc1ccc(-c2ccccc2)cc1. The van der Waals surface area contributed by atoms with Gasteiger partial charge < -0.3 is 25.4 Å². The number of urea groups is 1. The minimum atomic E-state index is -0.536. The summed E-state index contributed by atoms with van der Waals surface area (Å²) in [5.41, 5.74) is 4.64. The van der Waals surface area contributed by atoms with Gasteiger partial charge in [-0.1, -0.05) is 61.5 Å². The van der Waals surface area contributed by atoms with Crippen molar-refractivity contribution in [2.45, 2.75) is 32.5 Å². The van der Waals surface area contributed by atoms with Crippen molar-refractivity contribution in [3.05, 3.63) is 114 Å². The zero-order chi connectivity index (χ0) is 31.9. The number of amides is 3. The minimum Gasteiger partial charge on any atom is -0.488 e. The Morgan fingerprint density at radius 2 is 1.62 bits per heavy atom. The second-order valence-corrected chi connectivity index (χ2v) is 11.7. The topological polar surface area (TPSA) is 94.1 Å². The van der Waals surface area contributed by atoms with Crippen molar-refractivity contribution in [3.8, 4) is 16.9 Å². The molecule has 4 aromatic rings. The van der Waals surface area contributed by atoms with E-state index in [0.29, 0.717) is 35.8 Å². The van der Waals surface area contributed by atoms with Gasteiger partial charge in [-0.15, -0.1) is 0 Å². The van der Waals surface area contributed by atoms with Gasteiger partial charge in [0.25, 0.3) is 5.91 Å². The Morgan fingerprint density at radius 3 is 2.31 bits per heavy atom. The summed E-state index contributed by atoms with van der Waals surface area (Å²) in [4.78, 5) is 30.3. The van der Waals surface area contributed by atoms with Gasteiger partial charge in [0.1, 0.15) is 17.7 Å². The second kappa shape index (κ2) is 14.4. The summed E-state index contributed by atoms with van der Waals surface area (Å²) in [7, 11) is 2.05. The average Bonchev–Trinajstić information content (AvgIpc) is 3.04. The molecule has 0 bridgehead atoms. The van der Waals surface area contributed by atoms with Crippen LogP contribution in [0.1, 0.15) is 29.8 Å². The molecule has 3 amide bonds. The second-order valence-electron chi connectivity index (χ2n) is 11.7. The van der Waals surface area contributed by atoms with Crippen LogP contribution < -0.4 is 15.4 Å². The van der Waals surface area contributed by atoms with Crippen molar-refractivity contribution < 1.29 is 23.8 Å². The number of nitrogens with zero attached hydrogens (tertiary/aromatic N) is 2. The van der Waals surface area contributed by atoms with Crippen LogP contribution in [0.4, 0.5) is 20.6 Å². The Labute approximate surface area is 263 Å². The molecule has 0 aliphatic carbocycles. The lowest BCUT2D eigenvalue weighted by Crippen LogP contribution is -2.49. The number of ether oxygens (including phenoxy) is 1. The molecule has 8 nitrogen and oxygen atoms in total. The lowest BCUT2D eigenvalue weighted by Gasteiger charge is -2.38. The van der Waals surface area contributed by atoms with E-state index in [-0.39, 0.29) is 24.5 Å². The maximum atomic E-state index is 13.8. The summed E-state index contributed by atoms with van der Waals surface area (Å²) >= 11 is 0. The van der Waals surface area contributed by atoms with Crippen LogP contribution in [0.25, 0.3) is 11.1 Å². The highest BCUT2D eigenvalue weighted by atomic mass is 19.1. The summed E-state index contributed by atoms with van der Waals surface area (Å²) < 4.78 is 19.8. The highest BCUT2D eigenvalue weighted by molar-refractivity contribution is 6.02. The number of hydrogen-bond donors (Lipinski definition) is 3. The quantitative estimate of drug-likeness (QED) is 0.202. The van der Waals surface area contributed by atoms with Crippen LogP contribution in [0.15, 0.2) is 97.1 Å². The van der Waals surface area contributed by atoms with E-state index in [1.807, 2.05) is 32.2 Å². The maximum Gasteiger partial charge on any atom is 0.323 e. The largest absolute Gasteiger partial charge is 0.488 e. The first-order valence-electron chi connectivity index (χ1n) is 15.1. The smallest absolute Gasteiger partial charge is 0.323 e. The van der Waals surface area contributed by atoms with E-state index in [9.17, 15) is 19.1 Å². The summed E-state index contributed by atoms with van der Waals surface area (Å²) in [6.07, 6.45) is -0.251. The highest BCUT2D eigenvalue weighted by Crippen LogP contribution is 2.31. The first kappa shape index (κ1) is 31.7. The third kappa shape index (κ3) is 8.06. The normalized spacial score (nSPS) is 17.1. The summed E-state index contributed by atoms with van der Waals surface area (Å²) in [5.74, 6) is -0.305. The molecule has 9 heteroatoms. The Hall–Kier alpha value is -4.73. The molecule has 0 unspecified atom stereocenters. The number of aliphatic hydroxyl groups excluding tert-OH is 1. The van der Waals surface area contributed by atoms with Crippen LogP contribution in [0.2, 0.25) is 0 Å². The molecule has 3 N–H and O–H groups in total. The van der Waals surface area contributed by atoms with Crippen LogP contribution in [0.3, 0.4) is 0 Å². The molecule has 0 saturated heterocycles. The van der Waals surface area contributed by atoms with Gasteiger partial charge in [-0.2, -0.15) is 0 Å². The van der Waals surface area contributed by atoms with Gasteiger partial charge in [-0.3, -0.25) is 9.69 Å². The number of carbonyl (C=O) groups is 2. The van der Waals surface area contributed by atoms with Crippen LogP contribution in [-0.2, 0) is 6.54 Å². The predicted octanol–water partition coefficient (Wildman–Crippen LogP) is 6.49. The molecule has 45 heavy (non-hydrogen) atoms. The standard InChI is InChI=1S/C36H39FN4O4/c1-24-20-41(25(2)23-42)35(43)32-19-31(39-36(44)38-30-15-13-29(37)14-16-30)17-18-33(32)45-34(24)22-40(3)21-26-9-11-28(12-10-26)27-7-5-4-6-8-27/h4-19,24-25,34,42H,20-23H2,1-3H3,(H2,38,39,44)/t24-,25-,34-/m0/s1. The van der Waals surface area contributed by atoms with Gasteiger partial charge in [-0.25, -0.2) is 9.18 Å². The first-order chi connectivity index (χ1) is 21.7. The molecule has 234 valence electrons. The number of hydrogen-bond acceptors (Lipinski definition) is 5. The number of anilines is 2. The average molecular weight is 611 g/mol. The van der Waals surface area contributed by atoms with E-state index in [0.717, 1.165) is 6.54 Å². The Bertz CT molecular complexity index is 1600. The van der Waals surface area contributed by atoms with Gasteiger partial charge >= 0.3 is 6.03 Å². The monoisotopic (exact) mass is 610 g/mol. The summed E-state index contributed by atoms with van der Waals surface area (Å²) in [6, 6.07) is 28.2. The molecule has 0 aromatic heterocycles. The molecular weight excluding hydrogens is 571 g/mol. The van der Waals surface area contributed by atoms with Gasteiger partial charge in [0.15, 0.2) is 0 Å². The molecule has 1 aliphatic rings. The zero-order valence-electron chi connectivity index (χ0n) is 25.7. The van der Waals surface area contributed by atoms with E-state index in [1.54, 1.807) is 23.1 Å². The number of aliphatic hydroxyl groups is 1. The number of halogens is 1. The van der Waals surface area contributed by atoms with Gasteiger partial charge in [-0.05, 0) is 73.1 Å². The highest BCUT2D eigenvalue weighted by Gasteiger charge is 2.33. The fraction of sp³-hybridized carbons (Fsp3) is 0.278. The fourth-order valence-electron chi connectivity index (χ4n) is 5.46. The molecule has 4 aromatic carbocycles.